The zero-order valence-corrected chi connectivity index (χ0v) is 9.77. The number of nitrogens with one attached hydrogen (secondary N) is 2. The summed E-state index contributed by atoms with van der Waals surface area (Å²) in [5, 5.41) is 16.2. The number of hydrogen-bond donors (Lipinski definition) is 3. The van der Waals surface area contributed by atoms with Crippen molar-refractivity contribution < 1.29 is 5.11 Å². The Morgan fingerprint density at radius 3 is 3.18 bits per heavy atom. The molecule has 1 aromatic carbocycles. The molecule has 1 atom stereocenters. The summed E-state index contributed by atoms with van der Waals surface area (Å²) < 4.78 is 1.98. The summed E-state index contributed by atoms with van der Waals surface area (Å²) in [5.41, 5.74) is 1.84. The standard InChI is InChI=1S/C12H16N4O/c1-16-11-6-9(17)2-3-10(11)15-12(16)14-8-4-5-13-7-8/h2-3,6,8,13,17H,4-5,7H2,1H3,(H,14,15). The van der Waals surface area contributed by atoms with E-state index in [-0.39, 0.29) is 5.75 Å². The van der Waals surface area contributed by atoms with Gasteiger partial charge in [-0.3, -0.25) is 0 Å². The van der Waals surface area contributed by atoms with Crippen molar-refractivity contribution in [3.05, 3.63) is 18.2 Å². The lowest BCUT2D eigenvalue weighted by atomic mass is 10.3. The largest absolute Gasteiger partial charge is 0.508 e. The molecule has 2 heterocycles. The minimum Gasteiger partial charge on any atom is -0.508 e. The minimum absolute atomic E-state index is 0.273. The summed E-state index contributed by atoms with van der Waals surface area (Å²) >= 11 is 0. The maximum atomic E-state index is 9.48. The van der Waals surface area contributed by atoms with E-state index >= 15 is 0 Å². The Morgan fingerprint density at radius 2 is 2.41 bits per heavy atom. The number of nitrogens with zero attached hydrogens (tertiary/aromatic N) is 2. The molecule has 17 heavy (non-hydrogen) atoms. The highest BCUT2D eigenvalue weighted by molar-refractivity contribution is 5.80. The molecule has 2 aromatic rings. The first-order valence-corrected chi connectivity index (χ1v) is 5.87. The van der Waals surface area contributed by atoms with Gasteiger partial charge in [0.25, 0.3) is 0 Å². The van der Waals surface area contributed by atoms with E-state index in [1.807, 2.05) is 17.7 Å². The fourth-order valence-electron chi connectivity index (χ4n) is 2.27. The molecule has 1 aromatic heterocycles. The molecular weight excluding hydrogens is 216 g/mol. The molecule has 1 aliphatic rings. The number of fused-ring (bicyclic) bond motifs is 1. The quantitative estimate of drug-likeness (QED) is 0.724. The fourth-order valence-corrected chi connectivity index (χ4v) is 2.27. The van der Waals surface area contributed by atoms with Crippen molar-refractivity contribution in [2.75, 3.05) is 18.4 Å². The zero-order valence-electron chi connectivity index (χ0n) is 9.77. The van der Waals surface area contributed by atoms with Gasteiger partial charge in [-0.25, -0.2) is 4.98 Å². The average molecular weight is 232 g/mol. The van der Waals surface area contributed by atoms with Gasteiger partial charge >= 0.3 is 0 Å². The van der Waals surface area contributed by atoms with E-state index in [0.29, 0.717) is 6.04 Å². The van der Waals surface area contributed by atoms with Gasteiger partial charge in [0.05, 0.1) is 11.0 Å². The Morgan fingerprint density at radius 1 is 1.53 bits per heavy atom. The van der Waals surface area contributed by atoms with Gasteiger partial charge in [0.1, 0.15) is 5.75 Å². The highest BCUT2D eigenvalue weighted by Gasteiger charge is 2.17. The summed E-state index contributed by atoms with van der Waals surface area (Å²) in [6.45, 7) is 2.04. The first-order chi connectivity index (χ1) is 8.24. The number of phenols is 1. The van der Waals surface area contributed by atoms with Crippen molar-refractivity contribution in [2.24, 2.45) is 7.05 Å². The molecule has 3 rings (SSSR count). The number of aromatic nitrogens is 2. The van der Waals surface area contributed by atoms with Gasteiger partial charge in [-0.15, -0.1) is 0 Å². The third-order valence-electron chi connectivity index (χ3n) is 3.26. The van der Waals surface area contributed by atoms with E-state index in [0.717, 1.165) is 36.5 Å². The molecule has 0 radical (unpaired) electrons. The Hall–Kier alpha value is -1.75. The molecule has 0 spiro atoms. The molecule has 0 amide bonds. The van der Waals surface area contributed by atoms with Crippen LogP contribution in [-0.4, -0.2) is 33.8 Å². The van der Waals surface area contributed by atoms with Crippen LogP contribution in [0.25, 0.3) is 11.0 Å². The van der Waals surface area contributed by atoms with E-state index in [1.54, 1.807) is 12.1 Å². The van der Waals surface area contributed by atoms with Crippen LogP contribution >= 0.6 is 0 Å². The van der Waals surface area contributed by atoms with E-state index in [2.05, 4.69) is 15.6 Å². The molecule has 5 heteroatoms. The number of phenolic OH excluding ortho intramolecular Hbond substituents is 1. The van der Waals surface area contributed by atoms with Crippen molar-refractivity contribution in [3.63, 3.8) is 0 Å². The van der Waals surface area contributed by atoms with Crippen molar-refractivity contribution in [3.8, 4) is 5.75 Å². The molecule has 1 fully saturated rings. The van der Waals surface area contributed by atoms with Crippen LogP contribution in [0.5, 0.6) is 5.75 Å². The van der Waals surface area contributed by atoms with Crippen LogP contribution in [0.2, 0.25) is 0 Å². The van der Waals surface area contributed by atoms with Crippen molar-refractivity contribution in [1.82, 2.24) is 14.9 Å². The molecule has 0 bridgehead atoms. The monoisotopic (exact) mass is 232 g/mol. The molecule has 1 unspecified atom stereocenters. The molecular formula is C12H16N4O. The summed E-state index contributed by atoms with van der Waals surface area (Å²) in [6.07, 6.45) is 1.12. The number of benzene rings is 1. The second-order valence-electron chi connectivity index (χ2n) is 4.50. The lowest BCUT2D eigenvalue weighted by molar-refractivity contribution is 0.476. The topological polar surface area (TPSA) is 62.1 Å². The molecule has 0 aliphatic carbocycles. The Kier molecular flexibility index (Phi) is 2.40. The number of aryl methyl sites for hydroxylation is 1. The number of imidazole rings is 1. The Bertz CT molecular complexity index is 543. The Balaban J connectivity index is 1.96. The molecule has 0 saturated carbocycles. The molecule has 3 N–H and O–H groups in total. The predicted molar refractivity (Wildman–Crippen MR) is 67.3 cm³/mol. The second-order valence-corrected chi connectivity index (χ2v) is 4.50. The zero-order chi connectivity index (χ0) is 11.8. The van der Waals surface area contributed by atoms with Crippen LogP contribution in [-0.2, 0) is 7.05 Å². The van der Waals surface area contributed by atoms with Crippen LogP contribution in [0.1, 0.15) is 6.42 Å². The SMILES string of the molecule is Cn1c(NC2CCNC2)nc2ccc(O)cc21. The predicted octanol–water partition coefficient (Wildman–Crippen LogP) is 1.05. The van der Waals surface area contributed by atoms with Gasteiger partial charge in [-0.1, -0.05) is 0 Å². The third kappa shape index (κ3) is 1.82. The maximum absolute atomic E-state index is 9.48. The van der Waals surface area contributed by atoms with Crippen LogP contribution in [0, 0.1) is 0 Å². The van der Waals surface area contributed by atoms with E-state index in [9.17, 15) is 5.11 Å². The van der Waals surface area contributed by atoms with Crippen molar-refractivity contribution >= 4 is 17.0 Å². The second kappa shape index (κ2) is 3.92. The molecule has 90 valence electrons. The first-order valence-electron chi connectivity index (χ1n) is 5.87. The fraction of sp³-hybridized carbons (Fsp3) is 0.417. The minimum atomic E-state index is 0.273. The number of rotatable bonds is 2. The number of hydrogen-bond acceptors (Lipinski definition) is 4. The van der Waals surface area contributed by atoms with Gasteiger partial charge in [-0.05, 0) is 25.1 Å². The van der Waals surface area contributed by atoms with Crippen LogP contribution in [0.3, 0.4) is 0 Å². The average Bonchev–Trinajstić information content (AvgIpc) is 2.91. The summed E-state index contributed by atoms with van der Waals surface area (Å²) in [4.78, 5) is 4.53. The summed E-state index contributed by atoms with van der Waals surface area (Å²) in [6, 6.07) is 5.68. The third-order valence-corrected chi connectivity index (χ3v) is 3.26. The lowest BCUT2D eigenvalue weighted by Gasteiger charge is -2.11. The van der Waals surface area contributed by atoms with Gasteiger partial charge in [0.15, 0.2) is 0 Å². The van der Waals surface area contributed by atoms with Gasteiger partial charge in [-0.2, -0.15) is 0 Å². The van der Waals surface area contributed by atoms with Crippen molar-refractivity contribution in [1.29, 1.82) is 0 Å². The first kappa shape index (κ1) is 10.4. The van der Waals surface area contributed by atoms with Gasteiger partial charge in [0.2, 0.25) is 5.95 Å². The number of anilines is 1. The van der Waals surface area contributed by atoms with Gasteiger partial charge in [0, 0.05) is 25.7 Å². The molecule has 1 aliphatic heterocycles. The normalized spacial score (nSPS) is 19.9. The van der Waals surface area contributed by atoms with Crippen LogP contribution in [0.15, 0.2) is 18.2 Å². The van der Waals surface area contributed by atoms with Gasteiger partial charge < -0.3 is 20.3 Å². The van der Waals surface area contributed by atoms with Crippen LogP contribution in [0.4, 0.5) is 5.95 Å². The highest BCUT2D eigenvalue weighted by atomic mass is 16.3. The highest BCUT2D eigenvalue weighted by Crippen LogP contribution is 2.23. The summed E-state index contributed by atoms with van der Waals surface area (Å²) in [7, 11) is 1.96. The van der Waals surface area contributed by atoms with E-state index in [4.69, 9.17) is 0 Å². The van der Waals surface area contributed by atoms with Crippen molar-refractivity contribution in [2.45, 2.75) is 12.5 Å². The summed E-state index contributed by atoms with van der Waals surface area (Å²) in [5.74, 6) is 1.13. The lowest BCUT2D eigenvalue weighted by Crippen LogP contribution is -2.23. The molecule has 1 saturated heterocycles. The maximum Gasteiger partial charge on any atom is 0.203 e. The smallest absolute Gasteiger partial charge is 0.203 e. The Labute approximate surface area is 99.5 Å². The molecule has 5 nitrogen and oxygen atoms in total. The number of aromatic hydroxyl groups is 1. The van der Waals surface area contributed by atoms with E-state index in [1.165, 1.54) is 0 Å². The van der Waals surface area contributed by atoms with Crippen LogP contribution < -0.4 is 10.6 Å². The van der Waals surface area contributed by atoms with E-state index < -0.39 is 0 Å².